The van der Waals surface area contributed by atoms with Crippen molar-refractivity contribution in [2.45, 2.75) is 58.3 Å². The van der Waals surface area contributed by atoms with Crippen LogP contribution in [0.15, 0.2) is 48.5 Å². The molecule has 0 heterocycles. The normalized spacial score (nSPS) is 13.8. The second-order valence-electron chi connectivity index (χ2n) is 6.29. The highest BCUT2D eigenvalue weighted by molar-refractivity contribution is 5.39. The van der Waals surface area contributed by atoms with Crippen LogP contribution in [0.3, 0.4) is 0 Å². The molecule has 0 saturated carbocycles. The molecule has 2 atom stereocenters. The predicted molar refractivity (Wildman–Crippen MR) is 94.6 cm³/mol. The average Bonchev–Trinajstić information content (AvgIpc) is 2.55. The Morgan fingerprint density at radius 2 is 1.41 bits per heavy atom. The van der Waals surface area contributed by atoms with E-state index in [0.29, 0.717) is 17.6 Å². The lowest BCUT2D eigenvalue weighted by molar-refractivity contribution is 0.456. The molecule has 0 aliphatic heterocycles. The molecule has 1 N–H and O–H groups in total. The lowest BCUT2D eigenvalue weighted by Crippen LogP contribution is -2.08. The van der Waals surface area contributed by atoms with Gasteiger partial charge in [0.1, 0.15) is 5.75 Å². The smallest absolute Gasteiger partial charge is 0.119 e. The van der Waals surface area contributed by atoms with Crippen LogP contribution in [0.2, 0.25) is 0 Å². The number of benzene rings is 2. The SMILES string of the molecule is CCCCCc1ccccc1C(C)C(C)c1ccccc1O. The third kappa shape index (κ3) is 3.91. The van der Waals surface area contributed by atoms with Gasteiger partial charge in [-0.15, -0.1) is 0 Å². The molecule has 2 rings (SSSR count). The molecule has 1 heteroatoms. The number of aromatic hydroxyl groups is 1. The van der Waals surface area contributed by atoms with Crippen LogP contribution in [0, 0.1) is 0 Å². The van der Waals surface area contributed by atoms with Crippen molar-refractivity contribution in [3.05, 3.63) is 65.2 Å². The standard InChI is InChI=1S/C21H28O/c1-4-5-6-11-18-12-7-8-13-19(18)16(2)17(3)20-14-9-10-15-21(20)22/h7-10,12-17,22H,4-6,11H2,1-3H3. The summed E-state index contributed by atoms with van der Waals surface area (Å²) in [6.07, 6.45) is 4.96. The van der Waals surface area contributed by atoms with E-state index in [1.807, 2.05) is 18.2 Å². The Labute approximate surface area is 135 Å². The summed E-state index contributed by atoms with van der Waals surface area (Å²) in [6.45, 7) is 6.73. The second kappa shape index (κ2) is 8.03. The predicted octanol–water partition coefficient (Wildman–Crippen LogP) is 6.03. The maximum atomic E-state index is 10.1. The number of para-hydroxylation sites is 1. The fourth-order valence-corrected chi connectivity index (χ4v) is 3.18. The van der Waals surface area contributed by atoms with Crippen LogP contribution in [0.25, 0.3) is 0 Å². The Kier molecular flexibility index (Phi) is 6.06. The number of phenolic OH excluding ortho intramolecular Hbond substituents is 1. The van der Waals surface area contributed by atoms with Gasteiger partial charge < -0.3 is 5.11 Å². The Hall–Kier alpha value is -1.76. The molecule has 1 nitrogen and oxygen atoms in total. The number of unbranched alkanes of at least 4 members (excludes halogenated alkanes) is 2. The molecule has 22 heavy (non-hydrogen) atoms. The molecule has 0 aliphatic carbocycles. The summed E-state index contributed by atoms with van der Waals surface area (Å²) in [6, 6.07) is 16.5. The monoisotopic (exact) mass is 296 g/mol. The van der Waals surface area contributed by atoms with E-state index in [-0.39, 0.29) is 0 Å². The highest BCUT2D eigenvalue weighted by Crippen LogP contribution is 2.37. The topological polar surface area (TPSA) is 20.2 Å². The Morgan fingerprint density at radius 3 is 2.09 bits per heavy atom. The second-order valence-corrected chi connectivity index (χ2v) is 6.29. The first-order chi connectivity index (χ1) is 10.6. The molecule has 0 fully saturated rings. The van der Waals surface area contributed by atoms with E-state index in [2.05, 4.69) is 45.0 Å². The number of hydrogen-bond donors (Lipinski definition) is 1. The molecular formula is C21H28O. The van der Waals surface area contributed by atoms with E-state index in [1.165, 1.54) is 30.4 Å². The zero-order valence-corrected chi connectivity index (χ0v) is 14.0. The minimum Gasteiger partial charge on any atom is -0.508 e. The average molecular weight is 296 g/mol. The van der Waals surface area contributed by atoms with Crippen molar-refractivity contribution in [2.24, 2.45) is 0 Å². The summed E-state index contributed by atoms with van der Waals surface area (Å²) in [5, 5.41) is 10.1. The first-order valence-corrected chi connectivity index (χ1v) is 8.50. The van der Waals surface area contributed by atoms with Crippen LogP contribution in [-0.2, 0) is 6.42 Å². The quantitative estimate of drug-likeness (QED) is 0.618. The van der Waals surface area contributed by atoms with Gasteiger partial charge in [0.15, 0.2) is 0 Å². The maximum Gasteiger partial charge on any atom is 0.119 e. The van der Waals surface area contributed by atoms with Crippen molar-refractivity contribution in [1.82, 2.24) is 0 Å². The van der Waals surface area contributed by atoms with Crippen molar-refractivity contribution in [2.75, 3.05) is 0 Å². The van der Waals surface area contributed by atoms with Gasteiger partial charge in [0.2, 0.25) is 0 Å². The van der Waals surface area contributed by atoms with Crippen molar-refractivity contribution in [3.8, 4) is 5.75 Å². The van der Waals surface area contributed by atoms with Crippen molar-refractivity contribution in [3.63, 3.8) is 0 Å². The van der Waals surface area contributed by atoms with E-state index in [1.54, 1.807) is 6.07 Å². The van der Waals surface area contributed by atoms with Gasteiger partial charge in [0.25, 0.3) is 0 Å². The fraction of sp³-hybridized carbons (Fsp3) is 0.429. The molecule has 0 spiro atoms. The lowest BCUT2D eigenvalue weighted by Gasteiger charge is -2.24. The van der Waals surface area contributed by atoms with Gasteiger partial charge in [-0.1, -0.05) is 76.1 Å². The van der Waals surface area contributed by atoms with Crippen LogP contribution >= 0.6 is 0 Å². The summed E-state index contributed by atoms with van der Waals surface area (Å²) < 4.78 is 0. The zero-order chi connectivity index (χ0) is 15.9. The van der Waals surface area contributed by atoms with Gasteiger partial charge >= 0.3 is 0 Å². The summed E-state index contributed by atoms with van der Waals surface area (Å²) in [7, 11) is 0. The van der Waals surface area contributed by atoms with Crippen LogP contribution in [0.4, 0.5) is 0 Å². The summed E-state index contributed by atoms with van der Waals surface area (Å²) in [4.78, 5) is 0. The molecule has 0 amide bonds. The Bertz CT molecular complexity index is 588. The molecule has 0 saturated heterocycles. The Balaban J connectivity index is 2.21. The molecule has 0 bridgehead atoms. The van der Waals surface area contributed by atoms with Gasteiger partial charge in [-0.05, 0) is 47.4 Å². The molecular weight excluding hydrogens is 268 g/mol. The minimum absolute atomic E-state index is 0.300. The summed E-state index contributed by atoms with van der Waals surface area (Å²) in [5.41, 5.74) is 3.93. The largest absolute Gasteiger partial charge is 0.508 e. The van der Waals surface area contributed by atoms with Crippen LogP contribution in [0.1, 0.15) is 68.6 Å². The zero-order valence-electron chi connectivity index (χ0n) is 14.0. The molecule has 2 aromatic rings. The number of phenols is 1. The molecule has 118 valence electrons. The van der Waals surface area contributed by atoms with Crippen molar-refractivity contribution in [1.29, 1.82) is 0 Å². The highest BCUT2D eigenvalue weighted by atomic mass is 16.3. The third-order valence-corrected chi connectivity index (χ3v) is 4.77. The third-order valence-electron chi connectivity index (χ3n) is 4.77. The highest BCUT2D eigenvalue weighted by Gasteiger charge is 2.20. The van der Waals surface area contributed by atoms with Gasteiger partial charge in [0.05, 0.1) is 0 Å². The first kappa shape index (κ1) is 16.6. The fourth-order valence-electron chi connectivity index (χ4n) is 3.18. The first-order valence-electron chi connectivity index (χ1n) is 8.50. The molecule has 2 aromatic carbocycles. The van der Waals surface area contributed by atoms with Crippen LogP contribution in [0.5, 0.6) is 5.75 Å². The molecule has 0 radical (unpaired) electrons. The van der Waals surface area contributed by atoms with E-state index in [0.717, 1.165) is 12.0 Å². The van der Waals surface area contributed by atoms with E-state index in [4.69, 9.17) is 0 Å². The number of rotatable bonds is 7. The number of aryl methyl sites for hydroxylation is 1. The molecule has 0 aromatic heterocycles. The van der Waals surface area contributed by atoms with Gasteiger partial charge in [0, 0.05) is 0 Å². The van der Waals surface area contributed by atoms with Gasteiger partial charge in [-0.25, -0.2) is 0 Å². The van der Waals surface area contributed by atoms with Gasteiger partial charge in [-0.2, -0.15) is 0 Å². The lowest BCUT2D eigenvalue weighted by atomic mass is 9.81. The molecule has 2 unspecified atom stereocenters. The van der Waals surface area contributed by atoms with Gasteiger partial charge in [-0.3, -0.25) is 0 Å². The van der Waals surface area contributed by atoms with E-state index >= 15 is 0 Å². The maximum absolute atomic E-state index is 10.1. The van der Waals surface area contributed by atoms with Crippen molar-refractivity contribution >= 4 is 0 Å². The van der Waals surface area contributed by atoms with E-state index < -0.39 is 0 Å². The van der Waals surface area contributed by atoms with Crippen molar-refractivity contribution < 1.29 is 5.11 Å². The number of hydrogen-bond acceptors (Lipinski definition) is 1. The summed E-state index contributed by atoms with van der Waals surface area (Å²) in [5.74, 6) is 1.10. The molecule has 0 aliphatic rings. The van der Waals surface area contributed by atoms with Crippen LogP contribution in [-0.4, -0.2) is 5.11 Å². The Morgan fingerprint density at radius 1 is 0.818 bits per heavy atom. The summed E-state index contributed by atoms with van der Waals surface area (Å²) >= 11 is 0. The van der Waals surface area contributed by atoms with E-state index in [9.17, 15) is 5.11 Å². The minimum atomic E-state index is 0.300. The van der Waals surface area contributed by atoms with Crippen LogP contribution < -0.4 is 0 Å².